The SMILES string of the molecule is CCOc1cccc(C(O)=C2C(=O)C(=O)N(Cc3ccco3)C2c2cccc(Cl)c2)c1. The molecule has 1 aliphatic rings. The second-order valence-corrected chi connectivity index (χ2v) is 7.46. The summed E-state index contributed by atoms with van der Waals surface area (Å²) in [6.07, 6.45) is 1.50. The van der Waals surface area contributed by atoms with Crippen LogP contribution in [0.15, 0.2) is 76.9 Å². The van der Waals surface area contributed by atoms with Gasteiger partial charge in [0.2, 0.25) is 0 Å². The number of hydrogen-bond donors (Lipinski definition) is 1. The van der Waals surface area contributed by atoms with Gasteiger partial charge in [0.15, 0.2) is 0 Å². The monoisotopic (exact) mass is 437 g/mol. The Labute approximate surface area is 184 Å². The first kappa shape index (κ1) is 20.8. The number of halogens is 1. The molecule has 0 spiro atoms. The molecule has 1 amide bonds. The van der Waals surface area contributed by atoms with E-state index in [9.17, 15) is 14.7 Å². The average Bonchev–Trinajstić information content (AvgIpc) is 3.36. The van der Waals surface area contributed by atoms with Crippen molar-refractivity contribution < 1.29 is 23.8 Å². The number of amides is 1. The highest BCUT2D eigenvalue weighted by atomic mass is 35.5. The van der Waals surface area contributed by atoms with E-state index >= 15 is 0 Å². The number of ether oxygens (including phenoxy) is 1. The maximum atomic E-state index is 13.0. The summed E-state index contributed by atoms with van der Waals surface area (Å²) in [7, 11) is 0. The first-order valence-electron chi connectivity index (χ1n) is 9.79. The van der Waals surface area contributed by atoms with Gasteiger partial charge in [-0.2, -0.15) is 0 Å². The number of hydrogen-bond acceptors (Lipinski definition) is 5. The average molecular weight is 438 g/mol. The fourth-order valence-electron chi connectivity index (χ4n) is 3.69. The van der Waals surface area contributed by atoms with Gasteiger partial charge in [0.25, 0.3) is 11.7 Å². The van der Waals surface area contributed by atoms with Gasteiger partial charge in [0, 0.05) is 10.6 Å². The lowest BCUT2D eigenvalue weighted by Crippen LogP contribution is -2.29. The summed E-state index contributed by atoms with van der Waals surface area (Å²) in [6.45, 7) is 2.39. The van der Waals surface area contributed by atoms with Crippen LogP contribution in [0.2, 0.25) is 5.02 Å². The zero-order valence-electron chi connectivity index (χ0n) is 16.7. The highest BCUT2D eigenvalue weighted by Gasteiger charge is 2.46. The minimum atomic E-state index is -0.820. The van der Waals surface area contributed by atoms with Crippen molar-refractivity contribution in [3.05, 3.63) is 94.4 Å². The van der Waals surface area contributed by atoms with Crippen LogP contribution >= 0.6 is 11.6 Å². The van der Waals surface area contributed by atoms with Gasteiger partial charge in [-0.05, 0) is 48.9 Å². The van der Waals surface area contributed by atoms with Crippen molar-refractivity contribution in [2.75, 3.05) is 6.61 Å². The molecular weight excluding hydrogens is 418 g/mol. The van der Waals surface area contributed by atoms with Gasteiger partial charge < -0.3 is 19.2 Å². The highest BCUT2D eigenvalue weighted by molar-refractivity contribution is 6.46. The Morgan fingerprint density at radius 3 is 2.65 bits per heavy atom. The molecule has 1 aromatic heterocycles. The maximum Gasteiger partial charge on any atom is 0.296 e. The summed E-state index contributed by atoms with van der Waals surface area (Å²) in [5.41, 5.74) is 0.988. The lowest BCUT2D eigenvalue weighted by molar-refractivity contribution is -0.140. The van der Waals surface area contributed by atoms with Gasteiger partial charge in [-0.3, -0.25) is 9.59 Å². The first-order valence-corrected chi connectivity index (χ1v) is 10.2. The van der Waals surface area contributed by atoms with Crippen LogP contribution < -0.4 is 4.74 Å². The molecule has 6 nitrogen and oxygen atoms in total. The molecule has 1 N–H and O–H groups in total. The molecule has 1 aliphatic heterocycles. The van der Waals surface area contributed by atoms with Crippen molar-refractivity contribution in [2.45, 2.75) is 19.5 Å². The van der Waals surface area contributed by atoms with Gasteiger partial charge in [-0.15, -0.1) is 0 Å². The third-order valence-corrected chi connectivity index (χ3v) is 5.26. The Balaban J connectivity index is 1.86. The summed E-state index contributed by atoms with van der Waals surface area (Å²) in [6, 6.07) is 16.3. The van der Waals surface area contributed by atoms with Crippen molar-refractivity contribution in [3.63, 3.8) is 0 Å². The van der Waals surface area contributed by atoms with Crippen LogP contribution in [0.5, 0.6) is 5.75 Å². The van der Waals surface area contributed by atoms with Crippen LogP contribution in [0.3, 0.4) is 0 Å². The molecule has 0 radical (unpaired) electrons. The third kappa shape index (κ3) is 4.07. The van der Waals surface area contributed by atoms with Crippen molar-refractivity contribution in [1.29, 1.82) is 0 Å². The molecule has 0 saturated carbocycles. The fourth-order valence-corrected chi connectivity index (χ4v) is 3.89. The van der Waals surface area contributed by atoms with Crippen LogP contribution in [-0.2, 0) is 16.1 Å². The summed E-state index contributed by atoms with van der Waals surface area (Å²) >= 11 is 6.18. The normalized spacial score (nSPS) is 17.9. The van der Waals surface area contributed by atoms with Crippen molar-refractivity contribution in [3.8, 4) is 5.75 Å². The van der Waals surface area contributed by atoms with Gasteiger partial charge in [0.05, 0.1) is 31.0 Å². The molecule has 1 fully saturated rings. The van der Waals surface area contributed by atoms with Gasteiger partial charge in [-0.25, -0.2) is 0 Å². The Hall–Kier alpha value is -3.51. The Morgan fingerprint density at radius 1 is 1.13 bits per heavy atom. The molecule has 0 aliphatic carbocycles. The van der Waals surface area contributed by atoms with E-state index in [4.69, 9.17) is 20.8 Å². The summed E-state index contributed by atoms with van der Waals surface area (Å²) in [5.74, 6) is -0.686. The third-order valence-electron chi connectivity index (χ3n) is 5.03. The number of likely N-dealkylation sites (tertiary alicyclic amines) is 1. The fraction of sp³-hybridized carbons (Fsp3) is 0.167. The van der Waals surface area contributed by atoms with Crippen molar-refractivity contribution in [2.24, 2.45) is 0 Å². The number of benzene rings is 2. The molecule has 1 saturated heterocycles. The predicted octanol–water partition coefficient (Wildman–Crippen LogP) is 4.95. The van der Waals surface area contributed by atoms with Crippen molar-refractivity contribution >= 4 is 29.1 Å². The number of Topliss-reactive ketones (excluding diaryl/α,β-unsaturated/α-hetero) is 1. The van der Waals surface area contributed by atoms with E-state index in [-0.39, 0.29) is 17.9 Å². The molecular formula is C24H20ClNO5. The lowest BCUT2D eigenvalue weighted by atomic mass is 9.95. The van der Waals surface area contributed by atoms with Gasteiger partial charge in [-0.1, -0.05) is 35.9 Å². The molecule has 4 rings (SSSR count). The van der Waals surface area contributed by atoms with E-state index in [2.05, 4.69) is 0 Å². The van der Waals surface area contributed by atoms with E-state index in [0.717, 1.165) is 0 Å². The molecule has 7 heteroatoms. The largest absolute Gasteiger partial charge is 0.507 e. The van der Waals surface area contributed by atoms with Crippen LogP contribution in [0.4, 0.5) is 0 Å². The summed E-state index contributed by atoms with van der Waals surface area (Å²) < 4.78 is 10.9. The predicted molar refractivity (Wildman–Crippen MR) is 116 cm³/mol. The number of nitrogens with zero attached hydrogens (tertiary/aromatic N) is 1. The summed E-state index contributed by atoms with van der Waals surface area (Å²) in [5, 5.41) is 11.6. The van der Waals surface area contributed by atoms with Crippen molar-refractivity contribution in [1.82, 2.24) is 4.90 Å². The molecule has 0 bridgehead atoms. The van der Waals surface area contributed by atoms with Crippen LogP contribution in [-0.4, -0.2) is 28.3 Å². The van der Waals surface area contributed by atoms with E-state index in [1.807, 2.05) is 6.92 Å². The molecule has 31 heavy (non-hydrogen) atoms. The Morgan fingerprint density at radius 2 is 1.94 bits per heavy atom. The van der Waals surface area contributed by atoms with E-state index < -0.39 is 17.7 Å². The topological polar surface area (TPSA) is 80.0 Å². The molecule has 2 aromatic carbocycles. The molecule has 1 atom stereocenters. The molecule has 1 unspecified atom stereocenters. The van der Waals surface area contributed by atoms with Gasteiger partial charge in [0.1, 0.15) is 17.3 Å². The Kier molecular flexibility index (Phi) is 5.82. The Bertz CT molecular complexity index is 1150. The van der Waals surface area contributed by atoms with Crippen LogP contribution in [0.25, 0.3) is 5.76 Å². The first-order chi connectivity index (χ1) is 15.0. The number of carbonyl (C=O) groups excluding carboxylic acids is 2. The molecule has 158 valence electrons. The van der Waals surface area contributed by atoms with Crippen LogP contribution in [0, 0.1) is 0 Å². The number of aliphatic hydroxyl groups is 1. The number of rotatable bonds is 6. The second-order valence-electron chi connectivity index (χ2n) is 7.02. The smallest absolute Gasteiger partial charge is 0.296 e. The maximum absolute atomic E-state index is 13.0. The zero-order valence-corrected chi connectivity index (χ0v) is 17.5. The second kappa shape index (κ2) is 8.70. The number of furan rings is 1. The minimum absolute atomic E-state index is 0.00697. The highest BCUT2D eigenvalue weighted by Crippen LogP contribution is 2.41. The minimum Gasteiger partial charge on any atom is -0.507 e. The summed E-state index contributed by atoms with van der Waals surface area (Å²) in [4.78, 5) is 27.4. The number of aliphatic hydroxyl groups excluding tert-OH is 1. The zero-order chi connectivity index (χ0) is 22.0. The van der Waals surface area contributed by atoms with E-state index in [0.29, 0.717) is 34.3 Å². The number of ketones is 1. The lowest BCUT2D eigenvalue weighted by Gasteiger charge is -2.24. The number of carbonyl (C=O) groups is 2. The molecule has 2 heterocycles. The van der Waals surface area contributed by atoms with Gasteiger partial charge >= 0.3 is 0 Å². The molecule has 3 aromatic rings. The standard InChI is InChI=1S/C24H20ClNO5/c1-2-30-18-9-4-7-16(13-18)22(27)20-21(15-6-3-8-17(25)12-15)26(24(29)23(20)28)14-19-10-5-11-31-19/h3-13,21,27H,2,14H2,1H3. The van der Waals surface area contributed by atoms with Crippen LogP contribution in [0.1, 0.15) is 29.9 Å². The van der Waals surface area contributed by atoms with E-state index in [1.165, 1.54) is 11.2 Å². The quantitative estimate of drug-likeness (QED) is 0.335. The van der Waals surface area contributed by atoms with E-state index in [1.54, 1.807) is 60.7 Å².